The molecule has 1 aliphatic rings. The number of nitriles is 1. The van der Waals surface area contributed by atoms with E-state index in [0.29, 0.717) is 0 Å². The molecule has 3 nitrogen and oxygen atoms in total. The molecule has 0 radical (unpaired) electrons. The Morgan fingerprint density at radius 3 is 2.35 bits per heavy atom. The number of carbonyl (C=O) groups excluding carboxylic acids is 1. The molecule has 1 aromatic carbocycles. The molecule has 0 aromatic heterocycles. The second-order valence-electron chi connectivity index (χ2n) is 4.31. The van der Waals surface area contributed by atoms with Crippen LogP contribution in [0.1, 0.15) is 18.4 Å². The van der Waals surface area contributed by atoms with Gasteiger partial charge in [-0.3, -0.25) is 4.79 Å². The molecule has 0 saturated heterocycles. The Labute approximate surface area is 119 Å². The predicted octanol–water partition coefficient (Wildman–Crippen LogP) is 3.86. The number of rotatable bonds is 4. The van der Waals surface area contributed by atoms with Crippen molar-refractivity contribution in [1.29, 1.82) is 5.26 Å². The zero-order chi connectivity index (χ0) is 14.8. The number of ether oxygens (including phenoxy) is 1. The summed E-state index contributed by atoms with van der Waals surface area (Å²) in [5.41, 5.74) is 0.699. The minimum Gasteiger partial charge on any atom is -0.434 e. The lowest BCUT2D eigenvalue weighted by Crippen LogP contribution is -2.13. The summed E-state index contributed by atoms with van der Waals surface area (Å²) in [6.07, 6.45) is 8.01. The van der Waals surface area contributed by atoms with E-state index in [9.17, 15) is 4.79 Å². The first kappa shape index (κ1) is 15.5. The molecule has 1 aromatic rings. The maximum atomic E-state index is 11.6. The number of hydrogen-bond acceptors (Lipinski definition) is 3. The zero-order valence-electron chi connectivity index (χ0n) is 11.3. The second-order valence-corrected chi connectivity index (χ2v) is 4.31. The molecule has 0 N–H and O–H groups in total. The van der Waals surface area contributed by atoms with Crippen LogP contribution in [0.15, 0.2) is 61.9 Å². The predicted molar refractivity (Wildman–Crippen MR) is 79.2 cm³/mol. The third-order valence-corrected chi connectivity index (χ3v) is 2.87. The topological polar surface area (TPSA) is 50.1 Å². The van der Waals surface area contributed by atoms with Gasteiger partial charge < -0.3 is 4.74 Å². The van der Waals surface area contributed by atoms with Crippen molar-refractivity contribution in [2.24, 2.45) is 5.41 Å². The highest BCUT2D eigenvalue weighted by Crippen LogP contribution is 2.48. The largest absolute Gasteiger partial charge is 0.434 e. The maximum absolute atomic E-state index is 11.6. The standard InChI is InChI=1S/C14H14O2.C3H3N/c1-2-16-13(15)14(10-11-14)9-8-12-6-4-3-5-7-12;1-2-3-4/h2-9H,1,10-11H2;2H,1H2. The summed E-state index contributed by atoms with van der Waals surface area (Å²) < 4.78 is 4.83. The first-order valence-corrected chi connectivity index (χ1v) is 6.25. The normalized spacial score (nSPS) is 14.3. The van der Waals surface area contributed by atoms with Crippen molar-refractivity contribution < 1.29 is 9.53 Å². The molecule has 0 unspecified atom stereocenters. The van der Waals surface area contributed by atoms with Crippen LogP contribution in [-0.2, 0) is 9.53 Å². The lowest BCUT2D eigenvalue weighted by atomic mass is 10.1. The summed E-state index contributed by atoms with van der Waals surface area (Å²) in [5, 5.41) is 7.51. The molecule has 1 saturated carbocycles. The van der Waals surface area contributed by atoms with Crippen molar-refractivity contribution in [2.45, 2.75) is 12.8 Å². The van der Waals surface area contributed by atoms with Crippen LogP contribution in [0.5, 0.6) is 0 Å². The summed E-state index contributed by atoms with van der Waals surface area (Å²) in [5.74, 6) is -0.199. The Morgan fingerprint density at radius 2 is 1.90 bits per heavy atom. The molecule has 0 heterocycles. The molecule has 0 bridgehead atoms. The smallest absolute Gasteiger partial charge is 0.320 e. The van der Waals surface area contributed by atoms with E-state index < -0.39 is 5.41 Å². The molecular formula is C17H17NO2. The molecule has 0 amide bonds. The zero-order valence-corrected chi connectivity index (χ0v) is 11.3. The van der Waals surface area contributed by atoms with E-state index in [2.05, 4.69) is 13.2 Å². The Balaban J connectivity index is 0.000000444. The van der Waals surface area contributed by atoms with E-state index in [0.717, 1.165) is 18.4 Å². The van der Waals surface area contributed by atoms with Crippen LogP contribution in [-0.4, -0.2) is 5.97 Å². The number of hydrogen-bond donors (Lipinski definition) is 0. The van der Waals surface area contributed by atoms with Crippen molar-refractivity contribution in [3.8, 4) is 6.07 Å². The van der Waals surface area contributed by atoms with Crippen LogP contribution >= 0.6 is 0 Å². The molecular weight excluding hydrogens is 250 g/mol. The van der Waals surface area contributed by atoms with Crippen LogP contribution in [0.3, 0.4) is 0 Å². The lowest BCUT2D eigenvalue weighted by molar-refractivity contribution is -0.142. The molecule has 0 aliphatic heterocycles. The first-order chi connectivity index (χ1) is 9.68. The average molecular weight is 267 g/mol. The molecule has 3 heteroatoms. The molecule has 2 rings (SSSR count). The van der Waals surface area contributed by atoms with Gasteiger partial charge in [-0.1, -0.05) is 55.6 Å². The number of esters is 1. The highest BCUT2D eigenvalue weighted by atomic mass is 16.5. The number of allylic oxidation sites excluding steroid dienone is 1. The van der Waals surface area contributed by atoms with E-state index >= 15 is 0 Å². The van der Waals surface area contributed by atoms with E-state index in [1.807, 2.05) is 42.5 Å². The summed E-state index contributed by atoms with van der Waals surface area (Å²) in [6, 6.07) is 11.6. The maximum Gasteiger partial charge on any atom is 0.320 e. The van der Waals surface area contributed by atoms with Crippen molar-refractivity contribution in [2.75, 3.05) is 0 Å². The van der Waals surface area contributed by atoms with Crippen LogP contribution in [0, 0.1) is 16.7 Å². The molecule has 20 heavy (non-hydrogen) atoms. The number of benzene rings is 1. The van der Waals surface area contributed by atoms with Crippen molar-refractivity contribution in [3.05, 3.63) is 67.5 Å². The first-order valence-electron chi connectivity index (χ1n) is 6.25. The average Bonchev–Trinajstić information content (AvgIpc) is 3.28. The van der Waals surface area contributed by atoms with Crippen molar-refractivity contribution >= 4 is 12.0 Å². The van der Waals surface area contributed by atoms with E-state index in [4.69, 9.17) is 10.00 Å². The van der Waals surface area contributed by atoms with Gasteiger partial charge in [-0.05, 0) is 18.4 Å². The quantitative estimate of drug-likeness (QED) is 0.473. The van der Waals surface area contributed by atoms with Crippen LogP contribution in [0.25, 0.3) is 6.08 Å². The summed E-state index contributed by atoms with van der Waals surface area (Å²) in [4.78, 5) is 11.6. The van der Waals surface area contributed by atoms with Crippen LogP contribution < -0.4 is 0 Å². The van der Waals surface area contributed by atoms with E-state index in [1.165, 1.54) is 12.3 Å². The van der Waals surface area contributed by atoms with Gasteiger partial charge in [-0.2, -0.15) is 5.26 Å². The Kier molecular flexibility index (Phi) is 5.99. The van der Waals surface area contributed by atoms with Gasteiger partial charge in [0, 0.05) is 6.08 Å². The van der Waals surface area contributed by atoms with Gasteiger partial charge in [-0.25, -0.2) is 0 Å². The Bertz CT molecular complexity index is 534. The van der Waals surface area contributed by atoms with Crippen LogP contribution in [0.4, 0.5) is 0 Å². The Hall–Kier alpha value is -2.60. The Morgan fingerprint density at radius 1 is 1.30 bits per heavy atom. The fourth-order valence-corrected chi connectivity index (χ4v) is 1.59. The van der Waals surface area contributed by atoms with Gasteiger partial charge in [0.25, 0.3) is 0 Å². The summed E-state index contributed by atoms with van der Waals surface area (Å²) in [7, 11) is 0. The van der Waals surface area contributed by atoms with Crippen LogP contribution in [0.2, 0.25) is 0 Å². The fourth-order valence-electron chi connectivity index (χ4n) is 1.59. The fraction of sp³-hybridized carbons (Fsp3) is 0.176. The van der Waals surface area contributed by atoms with Gasteiger partial charge >= 0.3 is 5.97 Å². The monoisotopic (exact) mass is 267 g/mol. The van der Waals surface area contributed by atoms with E-state index in [-0.39, 0.29) is 5.97 Å². The van der Waals surface area contributed by atoms with Gasteiger partial charge in [0.05, 0.1) is 17.7 Å². The van der Waals surface area contributed by atoms with Crippen molar-refractivity contribution in [3.63, 3.8) is 0 Å². The molecule has 0 spiro atoms. The van der Waals surface area contributed by atoms with Gasteiger partial charge in [0.1, 0.15) is 0 Å². The third-order valence-electron chi connectivity index (χ3n) is 2.87. The molecule has 1 aliphatic carbocycles. The summed E-state index contributed by atoms with van der Waals surface area (Å²) in [6.45, 7) is 6.51. The molecule has 0 atom stereocenters. The SMILES string of the molecule is C=CC#N.C=COC(=O)C1(C=Cc2ccccc2)CC1. The summed E-state index contributed by atoms with van der Waals surface area (Å²) >= 11 is 0. The van der Waals surface area contributed by atoms with Crippen molar-refractivity contribution in [1.82, 2.24) is 0 Å². The van der Waals surface area contributed by atoms with Gasteiger partial charge in [0.2, 0.25) is 0 Å². The minimum absolute atomic E-state index is 0.199. The highest BCUT2D eigenvalue weighted by molar-refractivity contribution is 5.84. The highest BCUT2D eigenvalue weighted by Gasteiger charge is 2.48. The second kappa shape index (κ2) is 7.75. The number of carbonyl (C=O) groups is 1. The van der Waals surface area contributed by atoms with Gasteiger partial charge in [0.15, 0.2) is 0 Å². The van der Waals surface area contributed by atoms with E-state index in [1.54, 1.807) is 6.07 Å². The third kappa shape index (κ3) is 4.58. The lowest BCUT2D eigenvalue weighted by Gasteiger charge is -2.06. The molecule has 1 fully saturated rings. The molecule has 102 valence electrons. The minimum atomic E-state index is -0.399. The van der Waals surface area contributed by atoms with Gasteiger partial charge in [-0.15, -0.1) is 0 Å². The number of nitrogens with zero attached hydrogens (tertiary/aromatic N) is 1.